The lowest BCUT2D eigenvalue weighted by Gasteiger charge is -2.27. The average molecular weight is 288 g/mol. The molecule has 1 saturated heterocycles. The molecule has 0 amide bonds. The van der Waals surface area contributed by atoms with Crippen molar-refractivity contribution in [2.24, 2.45) is 0 Å². The molecule has 4 rings (SSSR count). The Kier molecular flexibility index (Phi) is 2.77. The van der Waals surface area contributed by atoms with Crippen molar-refractivity contribution in [1.29, 1.82) is 0 Å². The second-order valence-corrected chi connectivity index (χ2v) is 5.60. The number of hydrogen-bond donors (Lipinski definition) is 0. The minimum absolute atomic E-state index is 0.693. The van der Waals surface area contributed by atoms with Crippen LogP contribution in [-0.2, 0) is 0 Å². The van der Waals surface area contributed by atoms with E-state index >= 15 is 0 Å². The van der Waals surface area contributed by atoms with Crippen LogP contribution in [0, 0.1) is 0 Å². The first-order chi connectivity index (χ1) is 9.83. The third kappa shape index (κ3) is 1.83. The summed E-state index contributed by atoms with van der Waals surface area (Å²) in [6.07, 6.45) is 5.32. The van der Waals surface area contributed by atoms with E-state index in [9.17, 15) is 0 Å². The molecule has 3 heterocycles. The minimum Gasteiger partial charge on any atom is -0.450 e. The Labute approximate surface area is 121 Å². The zero-order chi connectivity index (χ0) is 13.5. The molecule has 3 aromatic rings. The summed E-state index contributed by atoms with van der Waals surface area (Å²) >= 11 is 6.07. The average Bonchev–Trinajstić information content (AvgIpc) is 2.86. The summed E-state index contributed by atoms with van der Waals surface area (Å²) in [4.78, 5) is 11.1. The van der Waals surface area contributed by atoms with Gasteiger partial charge in [0.2, 0.25) is 0 Å². The van der Waals surface area contributed by atoms with Gasteiger partial charge in [0.25, 0.3) is 0 Å². The number of benzene rings is 1. The predicted molar refractivity (Wildman–Crippen MR) is 80.4 cm³/mol. The van der Waals surface area contributed by atoms with Crippen molar-refractivity contribution in [3.05, 3.63) is 29.5 Å². The number of fused-ring (bicyclic) bond motifs is 3. The molecule has 2 aromatic heterocycles. The molecule has 20 heavy (non-hydrogen) atoms. The molecular weight excluding hydrogens is 274 g/mol. The van der Waals surface area contributed by atoms with Crippen molar-refractivity contribution in [3.63, 3.8) is 0 Å². The van der Waals surface area contributed by atoms with E-state index in [0.29, 0.717) is 5.02 Å². The molecule has 1 aliphatic rings. The van der Waals surface area contributed by atoms with Crippen LogP contribution in [0.1, 0.15) is 19.3 Å². The number of aromatic nitrogens is 2. The fourth-order valence-corrected chi connectivity index (χ4v) is 3.04. The van der Waals surface area contributed by atoms with Crippen LogP contribution in [0.2, 0.25) is 5.02 Å². The van der Waals surface area contributed by atoms with Crippen LogP contribution in [0.25, 0.3) is 22.1 Å². The molecule has 0 saturated carbocycles. The largest absolute Gasteiger partial charge is 0.450 e. The number of halogens is 1. The number of anilines is 1. The van der Waals surface area contributed by atoms with E-state index in [0.717, 1.165) is 41.0 Å². The minimum atomic E-state index is 0.693. The lowest BCUT2D eigenvalue weighted by Crippen LogP contribution is -2.30. The van der Waals surface area contributed by atoms with Gasteiger partial charge >= 0.3 is 0 Å². The van der Waals surface area contributed by atoms with Crippen LogP contribution in [0.4, 0.5) is 5.82 Å². The maximum atomic E-state index is 6.07. The van der Waals surface area contributed by atoms with Crippen molar-refractivity contribution in [3.8, 4) is 0 Å². The van der Waals surface area contributed by atoms with E-state index in [-0.39, 0.29) is 0 Å². The van der Waals surface area contributed by atoms with Gasteiger partial charge in [0, 0.05) is 23.5 Å². The fraction of sp³-hybridized carbons (Fsp3) is 0.333. The molecule has 0 aliphatic carbocycles. The van der Waals surface area contributed by atoms with Crippen molar-refractivity contribution >= 4 is 39.5 Å². The second kappa shape index (κ2) is 4.63. The van der Waals surface area contributed by atoms with Crippen LogP contribution in [-0.4, -0.2) is 23.1 Å². The molecule has 5 heteroatoms. The van der Waals surface area contributed by atoms with Gasteiger partial charge in [-0.1, -0.05) is 11.6 Å². The molecule has 0 N–H and O–H groups in total. The molecule has 1 aromatic carbocycles. The third-order valence-electron chi connectivity index (χ3n) is 3.85. The zero-order valence-electron chi connectivity index (χ0n) is 11.0. The van der Waals surface area contributed by atoms with E-state index in [4.69, 9.17) is 16.0 Å². The van der Waals surface area contributed by atoms with E-state index in [1.54, 1.807) is 6.33 Å². The van der Waals surface area contributed by atoms with E-state index in [2.05, 4.69) is 14.9 Å². The van der Waals surface area contributed by atoms with E-state index < -0.39 is 0 Å². The Morgan fingerprint density at radius 3 is 2.80 bits per heavy atom. The summed E-state index contributed by atoms with van der Waals surface area (Å²) < 4.78 is 5.97. The maximum absolute atomic E-state index is 6.07. The highest BCUT2D eigenvalue weighted by atomic mass is 35.5. The number of nitrogens with zero attached hydrogens (tertiary/aromatic N) is 3. The summed E-state index contributed by atoms with van der Waals surface area (Å²) in [6.45, 7) is 2.06. The van der Waals surface area contributed by atoms with Gasteiger partial charge in [0.15, 0.2) is 11.4 Å². The molecule has 4 nitrogen and oxygen atoms in total. The quantitative estimate of drug-likeness (QED) is 0.678. The smallest absolute Gasteiger partial charge is 0.196 e. The highest BCUT2D eigenvalue weighted by Crippen LogP contribution is 2.34. The molecular formula is C15H14ClN3O. The Bertz CT molecular complexity index is 777. The first-order valence-electron chi connectivity index (χ1n) is 6.90. The number of rotatable bonds is 1. The fourth-order valence-electron chi connectivity index (χ4n) is 2.87. The molecule has 1 fully saturated rings. The molecule has 0 unspecified atom stereocenters. The van der Waals surface area contributed by atoms with Gasteiger partial charge in [-0.25, -0.2) is 9.97 Å². The summed E-state index contributed by atoms with van der Waals surface area (Å²) in [7, 11) is 0. The van der Waals surface area contributed by atoms with Crippen molar-refractivity contribution in [1.82, 2.24) is 9.97 Å². The molecule has 102 valence electrons. The Morgan fingerprint density at radius 1 is 1.10 bits per heavy atom. The molecule has 0 spiro atoms. The normalized spacial score (nSPS) is 16.1. The Morgan fingerprint density at radius 2 is 1.95 bits per heavy atom. The van der Waals surface area contributed by atoms with Crippen LogP contribution in [0.15, 0.2) is 28.9 Å². The summed E-state index contributed by atoms with van der Waals surface area (Å²) in [6, 6.07) is 5.62. The van der Waals surface area contributed by atoms with Crippen LogP contribution in [0.5, 0.6) is 0 Å². The second-order valence-electron chi connectivity index (χ2n) is 5.17. The van der Waals surface area contributed by atoms with Gasteiger partial charge in [-0.2, -0.15) is 0 Å². The van der Waals surface area contributed by atoms with Crippen LogP contribution in [0.3, 0.4) is 0 Å². The van der Waals surface area contributed by atoms with Crippen molar-refractivity contribution in [2.45, 2.75) is 19.3 Å². The number of piperidine rings is 1. The van der Waals surface area contributed by atoms with Gasteiger partial charge in [0.05, 0.1) is 0 Å². The standard InChI is InChI=1S/C15H14ClN3O/c16-10-4-5-12-11(8-10)13-14(20-12)15(18-9-17-13)19-6-2-1-3-7-19/h4-5,8-9H,1-3,6-7H2. The summed E-state index contributed by atoms with van der Waals surface area (Å²) in [5.74, 6) is 0.905. The lowest BCUT2D eigenvalue weighted by molar-refractivity contribution is 0.569. The van der Waals surface area contributed by atoms with Gasteiger partial charge in [-0.05, 0) is 37.5 Å². The molecule has 0 bridgehead atoms. The van der Waals surface area contributed by atoms with E-state index in [1.807, 2.05) is 18.2 Å². The van der Waals surface area contributed by atoms with Crippen molar-refractivity contribution < 1.29 is 4.42 Å². The van der Waals surface area contributed by atoms with Crippen LogP contribution < -0.4 is 4.90 Å². The number of hydrogen-bond acceptors (Lipinski definition) is 4. The zero-order valence-corrected chi connectivity index (χ0v) is 11.7. The molecule has 1 aliphatic heterocycles. The summed E-state index contributed by atoms with van der Waals surface area (Å²) in [5.41, 5.74) is 2.42. The highest BCUT2D eigenvalue weighted by molar-refractivity contribution is 6.31. The summed E-state index contributed by atoms with van der Waals surface area (Å²) in [5, 5.41) is 1.64. The maximum Gasteiger partial charge on any atom is 0.196 e. The van der Waals surface area contributed by atoms with Gasteiger partial charge in [-0.15, -0.1) is 0 Å². The van der Waals surface area contributed by atoms with Crippen LogP contribution >= 0.6 is 11.6 Å². The predicted octanol–water partition coefficient (Wildman–Crippen LogP) is 4.02. The Balaban J connectivity index is 1.95. The van der Waals surface area contributed by atoms with E-state index in [1.165, 1.54) is 19.3 Å². The van der Waals surface area contributed by atoms with Crippen molar-refractivity contribution in [2.75, 3.05) is 18.0 Å². The van der Waals surface area contributed by atoms with Gasteiger partial charge in [-0.3, -0.25) is 0 Å². The SMILES string of the molecule is Clc1ccc2oc3c(N4CCCCC4)ncnc3c2c1. The Hall–Kier alpha value is -1.81. The molecule has 0 radical (unpaired) electrons. The third-order valence-corrected chi connectivity index (χ3v) is 4.08. The topological polar surface area (TPSA) is 42.2 Å². The van der Waals surface area contributed by atoms with Gasteiger partial charge in [0.1, 0.15) is 17.4 Å². The molecule has 0 atom stereocenters. The first kappa shape index (κ1) is 12.0. The number of furan rings is 1. The first-order valence-corrected chi connectivity index (χ1v) is 7.28. The highest BCUT2D eigenvalue weighted by Gasteiger charge is 2.19. The lowest BCUT2D eigenvalue weighted by atomic mass is 10.1. The van der Waals surface area contributed by atoms with Gasteiger partial charge < -0.3 is 9.32 Å². The monoisotopic (exact) mass is 287 g/mol.